The van der Waals surface area contributed by atoms with E-state index in [2.05, 4.69) is 10.4 Å². The summed E-state index contributed by atoms with van der Waals surface area (Å²) >= 11 is 0. The van der Waals surface area contributed by atoms with Crippen molar-refractivity contribution in [2.75, 3.05) is 26.9 Å². The molecule has 6 nitrogen and oxygen atoms in total. The molecule has 0 saturated heterocycles. The highest BCUT2D eigenvalue weighted by molar-refractivity contribution is 4.91. The molecule has 98 valence electrons. The summed E-state index contributed by atoms with van der Waals surface area (Å²) in [5.41, 5.74) is 2.76. The smallest absolute Gasteiger partial charge is 0.108 e. The molecule has 0 amide bonds. The average Bonchev–Trinajstić information content (AvgIpc) is 2.74. The van der Waals surface area contributed by atoms with Crippen molar-refractivity contribution in [2.24, 2.45) is 12.9 Å². The van der Waals surface area contributed by atoms with Crippen LogP contribution >= 0.6 is 0 Å². The Morgan fingerprint density at radius 2 is 2.35 bits per heavy atom. The molecule has 0 bridgehead atoms. The Kier molecular flexibility index (Phi) is 6.80. The topological polar surface area (TPSA) is 74.3 Å². The van der Waals surface area contributed by atoms with E-state index in [0.717, 1.165) is 18.7 Å². The lowest BCUT2D eigenvalue weighted by Crippen LogP contribution is -2.39. The fourth-order valence-electron chi connectivity index (χ4n) is 1.52. The zero-order valence-electron chi connectivity index (χ0n) is 10.6. The Labute approximate surface area is 102 Å². The molecule has 1 rings (SSSR count). The highest BCUT2D eigenvalue weighted by atomic mass is 16.5. The molecule has 1 aromatic rings. The van der Waals surface area contributed by atoms with Gasteiger partial charge in [-0.05, 0) is 6.42 Å². The van der Waals surface area contributed by atoms with E-state index < -0.39 is 0 Å². The van der Waals surface area contributed by atoms with Crippen molar-refractivity contribution in [2.45, 2.75) is 18.9 Å². The predicted octanol–water partition coefficient (Wildman–Crippen LogP) is -0.152. The van der Waals surface area contributed by atoms with Crippen molar-refractivity contribution in [1.82, 2.24) is 15.0 Å². The van der Waals surface area contributed by atoms with E-state index in [-0.39, 0.29) is 6.04 Å². The van der Waals surface area contributed by atoms with Gasteiger partial charge in [0.1, 0.15) is 5.82 Å². The van der Waals surface area contributed by atoms with Crippen molar-refractivity contribution in [3.8, 4) is 0 Å². The minimum absolute atomic E-state index is 0.142. The lowest BCUT2D eigenvalue weighted by atomic mass is 10.1. The highest BCUT2D eigenvalue weighted by Gasteiger charge is 2.08. The maximum atomic E-state index is 5.48. The number of hydrogen-bond acceptors (Lipinski definition) is 5. The van der Waals surface area contributed by atoms with Crippen LogP contribution in [0.25, 0.3) is 0 Å². The molecule has 3 N–H and O–H groups in total. The molecule has 0 aliphatic rings. The first-order valence-electron chi connectivity index (χ1n) is 5.77. The van der Waals surface area contributed by atoms with Crippen LogP contribution in [0.4, 0.5) is 0 Å². The molecule has 1 unspecified atom stereocenters. The number of nitrogens with two attached hydrogens (primary N) is 1. The molecule has 1 aromatic heterocycles. The molecule has 1 heterocycles. The summed E-state index contributed by atoms with van der Waals surface area (Å²) < 4.78 is 12.3. The molecule has 0 spiro atoms. The third-order valence-corrected chi connectivity index (χ3v) is 2.62. The molecule has 0 fully saturated rings. The molecule has 6 heteroatoms. The van der Waals surface area contributed by atoms with Gasteiger partial charge in [0.25, 0.3) is 0 Å². The second-order valence-corrected chi connectivity index (χ2v) is 3.92. The lowest BCUT2D eigenvalue weighted by molar-refractivity contribution is 0.0574. The number of nitrogens with zero attached hydrogens (tertiary/aromatic N) is 2. The second-order valence-electron chi connectivity index (χ2n) is 3.92. The van der Waals surface area contributed by atoms with Crippen LogP contribution in [0.1, 0.15) is 12.2 Å². The Bertz CT molecular complexity index is 303. The SMILES string of the molecule is COCCOCC(CCc1nccn1C)NN. The molecule has 0 saturated carbocycles. The van der Waals surface area contributed by atoms with Gasteiger partial charge in [0.15, 0.2) is 0 Å². The number of rotatable bonds is 9. The van der Waals surface area contributed by atoms with Gasteiger partial charge in [-0.15, -0.1) is 0 Å². The Balaban J connectivity index is 2.20. The molecule has 0 aliphatic carbocycles. The number of aromatic nitrogens is 2. The molecular weight excluding hydrogens is 220 g/mol. The molecule has 1 atom stereocenters. The quantitative estimate of drug-likeness (QED) is 0.358. The van der Waals surface area contributed by atoms with E-state index in [4.69, 9.17) is 15.3 Å². The fourth-order valence-corrected chi connectivity index (χ4v) is 1.52. The van der Waals surface area contributed by atoms with Crippen LogP contribution in [0.2, 0.25) is 0 Å². The number of methoxy groups -OCH3 is 1. The number of aryl methyl sites for hydroxylation is 2. The van der Waals surface area contributed by atoms with Gasteiger partial charge in [-0.3, -0.25) is 11.3 Å². The average molecular weight is 242 g/mol. The molecule has 17 heavy (non-hydrogen) atoms. The monoisotopic (exact) mass is 242 g/mol. The van der Waals surface area contributed by atoms with Gasteiger partial charge < -0.3 is 14.0 Å². The van der Waals surface area contributed by atoms with Crippen LogP contribution in [-0.2, 0) is 22.9 Å². The van der Waals surface area contributed by atoms with Crippen LogP contribution in [0.3, 0.4) is 0 Å². The highest BCUT2D eigenvalue weighted by Crippen LogP contribution is 2.02. The molecule has 0 radical (unpaired) electrons. The van der Waals surface area contributed by atoms with Gasteiger partial charge in [0.05, 0.1) is 19.8 Å². The van der Waals surface area contributed by atoms with Gasteiger partial charge in [0, 0.05) is 39.0 Å². The lowest BCUT2D eigenvalue weighted by Gasteiger charge is -2.15. The predicted molar refractivity (Wildman–Crippen MR) is 65.3 cm³/mol. The van der Waals surface area contributed by atoms with E-state index in [9.17, 15) is 0 Å². The van der Waals surface area contributed by atoms with Crippen molar-refractivity contribution in [1.29, 1.82) is 0 Å². The minimum Gasteiger partial charge on any atom is -0.382 e. The van der Waals surface area contributed by atoms with Gasteiger partial charge in [-0.2, -0.15) is 0 Å². The summed E-state index contributed by atoms with van der Waals surface area (Å²) in [5.74, 6) is 6.53. The van der Waals surface area contributed by atoms with E-state index in [1.54, 1.807) is 13.3 Å². The number of hydrazine groups is 1. The first kappa shape index (κ1) is 14.1. The number of ether oxygens (including phenoxy) is 2. The second kappa shape index (κ2) is 8.19. The summed E-state index contributed by atoms with van der Waals surface area (Å²) in [5, 5.41) is 0. The van der Waals surface area contributed by atoms with Crippen molar-refractivity contribution in [3.63, 3.8) is 0 Å². The Hall–Kier alpha value is -0.950. The van der Waals surface area contributed by atoms with E-state index in [0.29, 0.717) is 19.8 Å². The largest absolute Gasteiger partial charge is 0.382 e. The normalized spacial score (nSPS) is 12.9. The number of nitrogens with one attached hydrogen (secondary N) is 1. The first-order valence-corrected chi connectivity index (χ1v) is 5.77. The summed E-state index contributed by atoms with van der Waals surface area (Å²) in [6.07, 6.45) is 5.52. The first-order chi connectivity index (χ1) is 8.27. The molecule has 0 aliphatic heterocycles. The summed E-state index contributed by atoms with van der Waals surface area (Å²) in [7, 11) is 3.64. The zero-order chi connectivity index (χ0) is 12.5. The fraction of sp³-hybridized carbons (Fsp3) is 0.727. The van der Waals surface area contributed by atoms with Crippen molar-refractivity contribution >= 4 is 0 Å². The molecular formula is C11H22N4O2. The van der Waals surface area contributed by atoms with Crippen molar-refractivity contribution < 1.29 is 9.47 Å². The van der Waals surface area contributed by atoms with Crippen LogP contribution in [0.15, 0.2) is 12.4 Å². The minimum atomic E-state index is 0.142. The van der Waals surface area contributed by atoms with Crippen LogP contribution in [0, 0.1) is 0 Å². The summed E-state index contributed by atoms with van der Waals surface area (Å²) in [4.78, 5) is 4.27. The van der Waals surface area contributed by atoms with Gasteiger partial charge >= 0.3 is 0 Å². The zero-order valence-corrected chi connectivity index (χ0v) is 10.6. The summed E-state index contributed by atoms with van der Waals surface area (Å²) in [6.45, 7) is 1.79. The standard InChI is InChI=1S/C11H22N4O2/c1-15-6-5-13-11(15)4-3-10(14-12)9-17-8-7-16-2/h5-6,10,14H,3-4,7-9,12H2,1-2H3. The van der Waals surface area contributed by atoms with Crippen molar-refractivity contribution in [3.05, 3.63) is 18.2 Å². The van der Waals surface area contributed by atoms with Crippen LogP contribution < -0.4 is 11.3 Å². The van der Waals surface area contributed by atoms with E-state index >= 15 is 0 Å². The van der Waals surface area contributed by atoms with E-state index in [1.165, 1.54) is 0 Å². The van der Waals surface area contributed by atoms with Gasteiger partial charge in [0.2, 0.25) is 0 Å². The number of imidazole rings is 1. The van der Waals surface area contributed by atoms with Gasteiger partial charge in [-0.1, -0.05) is 0 Å². The number of hydrogen-bond donors (Lipinski definition) is 2. The Morgan fingerprint density at radius 3 is 2.94 bits per heavy atom. The summed E-state index contributed by atoms with van der Waals surface area (Å²) in [6, 6.07) is 0.142. The molecule has 0 aromatic carbocycles. The Morgan fingerprint density at radius 1 is 1.53 bits per heavy atom. The van der Waals surface area contributed by atoms with Crippen LogP contribution in [0.5, 0.6) is 0 Å². The van der Waals surface area contributed by atoms with E-state index in [1.807, 2.05) is 17.8 Å². The maximum absolute atomic E-state index is 5.48. The van der Waals surface area contributed by atoms with Gasteiger partial charge in [-0.25, -0.2) is 4.98 Å². The van der Waals surface area contributed by atoms with Crippen LogP contribution in [-0.4, -0.2) is 42.5 Å². The maximum Gasteiger partial charge on any atom is 0.108 e. The third kappa shape index (κ3) is 5.27. The third-order valence-electron chi connectivity index (χ3n) is 2.62.